The molecule has 6 rings (SSSR count). The summed E-state index contributed by atoms with van der Waals surface area (Å²) in [5.74, 6) is -1.67. The number of aromatic amines is 1. The molecule has 0 radical (unpaired) electrons. The molecule has 0 saturated heterocycles. The van der Waals surface area contributed by atoms with Gasteiger partial charge in [-0.15, -0.1) is 0 Å². The number of aliphatic carboxylic acids is 1. The number of benzene rings is 3. The number of rotatable bonds is 7. The van der Waals surface area contributed by atoms with Gasteiger partial charge in [0.2, 0.25) is 0 Å². The molecule has 3 N–H and O–H groups in total. The summed E-state index contributed by atoms with van der Waals surface area (Å²) in [6, 6.07) is 17.9. The quantitative estimate of drug-likeness (QED) is 0.223. The van der Waals surface area contributed by atoms with Crippen LogP contribution in [0.15, 0.2) is 72.9 Å². The van der Waals surface area contributed by atoms with Gasteiger partial charge in [0.15, 0.2) is 0 Å². The number of hydrogen-bond acceptors (Lipinski definition) is 4. The molecule has 1 amide bonds. The van der Waals surface area contributed by atoms with Crippen molar-refractivity contribution < 1.29 is 19.1 Å². The van der Waals surface area contributed by atoms with E-state index in [2.05, 4.69) is 10.3 Å². The SMILES string of the molecule is O=C(N[C@@H](Cc1c[nH]c2ccccc12)C(=O)O)c1ccc2nc(-c3ccc(F)cc3)c(C3CCCCC3)nc2c1. The molecule has 8 heteroatoms. The second-order valence-corrected chi connectivity index (χ2v) is 10.4. The number of carboxylic acid groups (broad SMARTS) is 1. The van der Waals surface area contributed by atoms with Crippen molar-refractivity contribution in [1.29, 1.82) is 0 Å². The van der Waals surface area contributed by atoms with Crippen molar-refractivity contribution >= 4 is 33.8 Å². The zero-order chi connectivity index (χ0) is 27.6. The molecular formula is C32H29FN4O3. The summed E-state index contributed by atoms with van der Waals surface area (Å²) in [4.78, 5) is 38.4. The highest BCUT2D eigenvalue weighted by molar-refractivity contribution is 5.99. The molecular weight excluding hydrogens is 507 g/mol. The van der Waals surface area contributed by atoms with Crippen molar-refractivity contribution in [2.75, 3.05) is 0 Å². The fourth-order valence-electron chi connectivity index (χ4n) is 5.65. The number of carbonyl (C=O) groups is 2. The van der Waals surface area contributed by atoms with Gasteiger partial charge in [0.1, 0.15) is 11.9 Å². The number of aromatic nitrogens is 3. The average molecular weight is 537 g/mol. The molecule has 0 bridgehead atoms. The van der Waals surface area contributed by atoms with Gasteiger partial charge in [0.05, 0.1) is 22.4 Å². The Kier molecular flexibility index (Phi) is 6.99. The van der Waals surface area contributed by atoms with Crippen molar-refractivity contribution in [2.24, 2.45) is 0 Å². The number of hydrogen-bond donors (Lipinski definition) is 3. The Bertz CT molecular complexity index is 1710. The maximum atomic E-state index is 13.6. The van der Waals surface area contributed by atoms with Gasteiger partial charge < -0.3 is 15.4 Å². The monoisotopic (exact) mass is 536 g/mol. The molecule has 5 aromatic rings. The maximum absolute atomic E-state index is 13.6. The number of H-pyrrole nitrogens is 1. The number of nitrogens with one attached hydrogen (secondary N) is 2. The van der Waals surface area contributed by atoms with Crippen molar-refractivity contribution in [2.45, 2.75) is 50.5 Å². The molecule has 2 aromatic heterocycles. The Morgan fingerprint density at radius 2 is 1.75 bits per heavy atom. The van der Waals surface area contributed by atoms with Gasteiger partial charge in [0, 0.05) is 40.6 Å². The lowest BCUT2D eigenvalue weighted by molar-refractivity contribution is -0.139. The highest BCUT2D eigenvalue weighted by Crippen LogP contribution is 2.37. The van der Waals surface area contributed by atoms with Gasteiger partial charge in [-0.1, -0.05) is 37.5 Å². The smallest absolute Gasteiger partial charge is 0.326 e. The van der Waals surface area contributed by atoms with Crippen LogP contribution in [-0.4, -0.2) is 38.0 Å². The van der Waals surface area contributed by atoms with Gasteiger partial charge >= 0.3 is 5.97 Å². The zero-order valence-electron chi connectivity index (χ0n) is 21.9. The highest BCUT2D eigenvalue weighted by atomic mass is 19.1. The van der Waals surface area contributed by atoms with Crippen LogP contribution in [0.1, 0.15) is 59.6 Å². The van der Waals surface area contributed by atoms with Crippen LogP contribution in [0.3, 0.4) is 0 Å². The largest absolute Gasteiger partial charge is 0.480 e. The molecule has 1 aliphatic carbocycles. The van der Waals surface area contributed by atoms with Gasteiger partial charge in [-0.05, 0) is 66.9 Å². The van der Waals surface area contributed by atoms with Crippen LogP contribution in [0.5, 0.6) is 0 Å². The first kappa shape index (κ1) is 25.7. The van der Waals surface area contributed by atoms with E-state index in [1.807, 2.05) is 24.3 Å². The fourth-order valence-corrected chi connectivity index (χ4v) is 5.65. The third-order valence-corrected chi connectivity index (χ3v) is 7.77. The van der Waals surface area contributed by atoms with E-state index in [1.54, 1.807) is 36.5 Å². The molecule has 1 aliphatic rings. The van der Waals surface area contributed by atoms with Gasteiger partial charge in [-0.3, -0.25) is 4.79 Å². The minimum atomic E-state index is -1.11. The summed E-state index contributed by atoms with van der Waals surface area (Å²) in [5, 5.41) is 13.5. The number of halogens is 1. The number of para-hydroxylation sites is 1. The number of amides is 1. The van der Waals surface area contributed by atoms with E-state index in [0.717, 1.165) is 59.1 Å². The summed E-state index contributed by atoms with van der Waals surface area (Å²) in [6.07, 6.45) is 7.35. The number of nitrogens with zero attached hydrogens (tertiary/aromatic N) is 2. The minimum absolute atomic E-state index is 0.144. The Morgan fingerprint density at radius 3 is 2.52 bits per heavy atom. The predicted octanol–water partition coefficient (Wildman–Crippen LogP) is 6.39. The van der Waals surface area contributed by atoms with Crippen LogP contribution < -0.4 is 5.32 Å². The number of carbonyl (C=O) groups excluding carboxylic acids is 1. The third-order valence-electron chi connectivity index (χ3n) is 7.77. The summed E-state index contributed by atoms with van der Waals surface area (Å²) in [6.45, 7) is 0. The number of fused-ring (bicyclic) bond motifs is 2. The number of carboxylic acids is 1. The van der Waals surface area contributed by atoms with E-state index in [0.29, 0.717) is 16.6 Å². The predicted molar refractivity (Wildman–Crippen MR) is 152 cm³/mol. The lowest BCUT2D eigenvalue weighted by atomic mass is 9.85. The Hall–Kier alpha value is -4.59. The maximum Gasteiger partial charge on any atom is 0.326 e. The topological polar surface area (TPSA) is 108 Å². The van der Waals surface area contributed by atoms with E-state index in [1.165, 1.54) is 18.6 Å². The first-order valence-corrected chi connectivity index (χ1v) is 13.6. The Labute approximate surface area is 230 Å². The van der Waals surface area contributed by atoms with Crippen LogP contribution in [0, 0.1) is 5.82 Å². The molecule has 0 unspecified atom stereocenters. The van der Waals surface area contributed by atoms with E-state index >= 15 is 0 Å². The van der Waals surface area contributed by atoms with E-state index < -0.39 is 17.9 Å². The van der Waals surface area contributed by atoms with Gasteiger partial charge in [0.25, 0.3) is 5.91 Å². The van der Waals surface area contributed by atoms with Crippen molar-refractivity contribution in [3.05, 3.63) is 95.6 Å². The van der Waals surface area contributed by atoms with Crippen LogP contribution in [0.2, 0.25) is 0 Å². The van der Waals surface area contributed by atoms with Crippen LogP contribution >= 0.6 is 0 Å². The van der Waals surface area contributed by atoms with E-state index in [4.69, 9.17) is 9.97 Å². The van der Waals surface area contributed by atoms with Crippen LogP contribution in [-0.2, 0) is 11.2 Å². The summed E-state index contributed by atoms with van der Waals surface area (Å²) in [5.41, 5.74) is 5.64. The Balaban J connectivity index is 1.31. The minimum Gasteiger partial charge on any atom is -0.480 e. The second-order valence-electron chi connectivity index (χ2n) is 10.4. The molecule has 202 valence electrons. The van der Waals surface area contributed by atoms with Crippen molar-refractivity contribution in [3.63, 3.8) is 0 Å². The average Bonchev–Trinajstić information content (AvgIpc) is 3.39. The molecule has 1 fully saturated rings. The molecule has 0 spiro atoms. The fraction of sp³-hybridized carbons (Fsp3) is 0.250. The van der Waals surface area contributed by atoms with Gasteiger partial charge in [-0.25, -0.2) is 19.2 Å². The first-order valence-electron chi connectivity index (χ1n) is 13.6. The van der Waals surface area contributed by atoms with E-state index in [-0.39, 0.29) is 18.2 Å². The first-order chi connectivity index (χ1) is 19.5. The zero-order valence-corrected chi connectivity index (χ0v) is 21.9. The normalized spacial score (nSPS) is 14.8. The lowest BCUT2D eigenvalue weighted by Crippen LogP contribution is -2.42. The summed E-state index contributed by atoms with van der Waals surface area (Å²) in [7, 11) is 0. The molecule has 0 aliphatic heterocycles. The second kappa shape index (κ2) is 10.9. The highest BCUT2D eigenvalue weighted by Gasteiger charge is 2.25. The molecule has 1 saturated carbocycles. The van der Waals surface area contributed by atoms with E-state index in [9.17, 15) is 19.1 Å². The summed E-state index contributed by atoms with van der Waals surface area (Å²) >= 11 is 0. The van der Waals surface area contributed by atoms with Crippen LogP contribution in [0.4, 0.5) is 4.39 Å². The van der Waals surface area contributed by atoms with Crippen molar-refractivity contribution in [1.82, 2.24) is 20.3 Å². The molecule has 40 heavy (non-hydrogen) atoms. The third kappa shape index (κ3) is 5.17. The molecule has 1 atom stereocenters. The lowest BCUT2D eigenvalue weighted by Gasteiger charge is -2.23. The molecule has 3 aromatic carbocycles. The van der Waals surface area contributed by atoms with Crippen molar-refractivity contribution in [3.8, 4) is 11.3 Å². The standard InChI is InChI=1S/C32H29FN4O3/c33-23-13-10-20(11-14-23)30-29(19-6-2-1-3-7-19)36-27-16-21(12-15-26(27)35-30)31(38)37-28(32(39)40)17-22-18-34-25-9-5-4-8-24(22)25/h4-5,8-16,18-19,28,34H,1-3,6-7,17H2,(H,37,38)(H,39,40)/t28-/m0/s1. The summed E-state index contributed by atoms with van der Waals surface area (Å²) < 4.78 is 13.6. The van der Waals surface area contributed by atoms with Crippen LogP contribution in [0.25, 0.3) is 33.2 Å². The molecule has 2 heterocycles. The van der Waals surface area contributed by atoms with Gasteiger partial charge in [-0.2, -0.15) is 0 Å². The molecule has 7 nitrogen and oxygen atoms in total. The Morgan fingerprint density at radius 1 is 0.975 bits per heavy atom.